The highest BCUT2D eigenvalue weighted by molar-refractivity contribution is 7.20. The topological polar surface area (TPSA) is 62.3 Å². The summed E-state index contributed by atoms with van der Waals surface area (Å²) < 4.78 is 0. The molecule has 1 N–H and O–H groups in total. The van der Waals surface area contributed by atoms with Crippen molar-refractivity contribution in [3.8, 4) is 9.88 Å². The molecule has 19 heavy (non-hydrogen) atoms. The van der Waals surface area contributed by atoms with Gasteiger partial charge >= 0.3 is 0 Å². The number of rotatable bonds is 4. The van der Waals surface area contributed by atoms with E-state index in [0.717, 1.165) is 9.88 Å². The van der Waals surface area contributed by atoms with E-state index in [4.69, 9.17) is 0 Å². The molecule has 5 nitrogen and oxygen atoms in total. The number of hydrogen-bond acceptors (Lipinski definition) is 5. The van der Waals surface area contributed by atoms with Gasteiger partial charge in [0.1, 0.15) is 10.7 Å². The Morgan fingerprint density at radius 3 is 2.79 bits per heavy atom. The van der Waals surface area contributed by atoms with Crippen molar-refractivity contribution >= 4 is 34.5 Å². The van der Waals surface area contributed by atoms with Crippen LogP contribution in [0.5, 0.6) is 0 Å². The van der Waals surface area contributed by atoms with Crippen molar-refractivity contribution in [1.82, 2.24) is 15.2 Å². The number of nitrogens with one attached hydrogen (secondary N) is 1. The highest BCUT2D eigenvalue weighted by Crippen LogP contribution is 2.27. The second kappa shape index (κ2) is 5.94. The predicted octanol–water partition coefficient (Wildman–Crippen LogP) is 1.69. The van der Waals surface area contributed by atoms with Gasteiger partial charge in [0.25, 0.3) is 5.91 Å². The van der Waals surface area contributed by atoms with E-state index in [1.807, 2.05) is 17.5 Å². The van der Waals surface area contributed by atoms with Crippen LogP contribution in [0.1, 0.15) is 10.5 Å². The van der Waals surface area contributed by atoms with Gasteiger partial charge in [-0.05, 0) is 11.4 Å². The predicted molar refractivity (Wildman–Crippen MR) is 76.5 cm³/mol. The van der Waals surface area contributed by atoms with Crippen LogP contribution in [0.4, 0.5) is 0 Å². The molecule has 2 heterocycles. The van der Waals surface area contributed by atoms with Gasteiger partial charge in [-0.3, -0.25) is 9.59 Å². The molecular formula is C12H13N3O2S2. The monoisotopic (exact) mass is 295 g/mol. The lowest BCUT2D eigenvalue weighted by Crippen LogP contribution is -2.36. The summed E-state index contributed by atoms with van der Waals surface area (Å²) in [7, 11) is 3.29. The molecule has 0 bridgehead atoms. The number of amides is 2. The first-order chi connectivity index (χ1) is 9.08. The van der Waals surface area contributed by atoms with Crippen molar-refractivity contribution in [1.29, 1.82) is 0 Å². The zero-order valence-electron chi connectivity index (χ0n) is 10.5. The third-order valence-corrected chi connectivity index (χ3v) is 4.25. The van der Waals surface area contributed by atoms with Crippen LogP contribution in [0.25, 0.3) is 9.88 Å². The SMILES string of the molecule is CN(C)C(=O)CNC(=O)c1csc(-c2cccs2)n1. The fourth-order valence-electron chi connectivity index (χ4n) is 1.30. The molecular weight excluding hydrogens is 282 g/mol. The van der Waals surface area contributed by atoms with E-state index >= 15 is 0 Å². The van der Waals surface area contributed by atoms with Crippen molar-refractivity contribution < 1.29 is 9.59 Å². The number of carbonyl (C=O) groups excluding carboxylic acids is 2. The molecule has 0 unspecified atom stereocenters. The minimum Gasteiger partial charge on any atom is -0.347 e. The van der Waals surface area contributed by atoms with Crippen molar-refractivity contribution in [3.05, 3.63) is 28.6 Å². The molecule has 2 aromatic rings. The fourth-order valence-corrected chi connectivity index (χ4v) is 2.91. The third-order valence-electron chi connectivity index (χ3n) is 2.37. The Labute approximate surface area is 118 Å². The first-order valence-corrected chi connectivity index (χ1v) is 7.31. The summed E-state index contributed by atoms with van der Waals surface area (Å²) in [5.41, 5.74) is 0.347. The van der Waals surface area contributed by atoms with Crippen LogP contribution < -0.4 is 5.32 Å². The number of thiazole rings is 1. The summed E-state index contributed by atoms with van der Waals surface area (Å²) in [4.78, 5) is 29.9. The molecule has 0 saturated carbocycles. The van der Waals surface area contributed by atoms with Crippen molar-refractivity contribution in [2.75, 3.05) is 20.6 Å². The van der Waals surface area contributed by atoms with Crippen molar-refractivity contribution in [2.45, 2.75) is 0 Å². The van der Waals surface area contributed by atoms with Gasteiger partial charge in [0, 0.05) is 19.5 Å². The molecule has 0 fully saturated rings. The minimum absolute atomic E-state index is 0.0162. The number of aromatic nitrogens is 1. The highest BCUT2D eigenvalue weighted by Gasteiger charge is 2.13. The lowest BCUT2D eigenvalue weighted by molar-refractivity contribution is -0.127. The van der Waals surface area contributed by atoms with E-state index in [2.05, 4.69) is 10.3 Å². The summed E-state index contributed by atoms with van der Waals surface area (Å²) in [6.45, 7) is -0.0162. The quantitative estimate of drug-likeness (QED) is 0.933. The number of nitrogens with zero attached hydrogens (tertiary/aromatic N) is 2. The summed E-state index contributed by atoms with van der Waals surface area (Å²) >= 11 is 3.00. The minimum atomic E-state index is -0.325. The van der Waals surface area contributed by atoms with E-state index in [0.29, 0.717) is 5.69 Å². The Morgan fingerprint density at radius 2 is 2.16 bits per heavy atom. The molecule has 7 heteroatoms. The van der Waals surface area contributed by atoms with Crippen LogP contribution in [0.2, 0.25) is 0 Å². The number of hydrogen-bond donors (Lipinski definition) is 1. The van der Waals surface area contributed by atoms with Gasteiger partial charge < -0.3 is 10.2 Å². The van der Waals surface area contributed by atoms with E-state index in [-0.39, 0.29) is 18.4 Å². The second-order valence-electron chi connectivity index (χ2n) is 3.99. The molecule has 0 saturated heterocycles. The Bertz CT molecular complexity index is 576. The highest BCUT2D eigenvalue weighted by atomic mass is 32.1. The maximum Gasteiger partial charge on any atom is 0.271 e. The Kier molecular flexibility index (Phi) is 4.28. The zero-order valence-corrected chi connectivity index (χ0v) is 12.2. The molecule has 0 aliphatic carbocycles. The second-order valence-corrected chi connectivity index (χ2v) is 5.79. The lowest BCUT2D eigenvalue weighted by atomic mass is 10.4. The molecule has 0 spiro atoms. The number of likely N-dealkylation sites (N-methyl/N-ethyl adjacent to an activating group) is 1. The molecule has 0 aliphatic rings. The summed E-state index contributed by atoms with van der Waals surface area (Å²) in [6, 6.07) is 3.90. The van der Waals surface area contributed by atoms with Gasteiger partial charge in [-0.25, -0.2) is 4.98 Å². The normalized spacial score (nSPS) is 10.2. The van der Waals surface area contributed by atoms with Crippen molar-refractivity contribution in [3.63, 3.8) is 0 Å². The Morgan fingerprint density at radius 1 is 1.37 bits per heavy atom. The van der Waals surface area contributed by atoms with E-state index < -0.39 is 0 Å². The van der Waals surface area contributed by atoms with E-state index in [1.165, 1.54) is 16.2 Å². The summed E-state index contributed by atoms with van der Waals surface area (Å²) in [6.07, 6.45) is 0. The standard InChI is InChI=1S/C12H13N3O2S2/c1-15(2)10(16)6-13-11(17)8-7-19-12(14-8)9-4-3-5-18-9/h3-5,7H,6H2,1-2H3,(H,13,17). The largest absolute Gasteiger partial charge is 0.347 e. The van der Waals surface area contributed by atoms with Crippen LogP contribution >= 0.6 is 22.7 Å². The molecule has 100 valence electrons. The zero-order chi connectivity index (χ0) is 13.8. The first kappa shape index (κ1) is 13.7. The van der Waals surface area contributed by atoms with Gasteiger partial charge in [0.2, 0.25) is 5.91 Å². The van der Waals surface area contributed by atoms with Gasteiger partial charge in [0.15, 0.2) is 0 Å². The summed E-state index contributed by atoms with van der Waals surface area (Å²) in [5.74, 6) is -0.476. The van der Waals surface area contributed by atoms with E-state index in [9.17, 15) is 9.59 Å². The van der Waals surface area contributed by atoms with Crippen LogP contribution in [-0.4, -0.2) is 42.3 Å². The van der Waals surface area contributed by atoms with Crippen LogP contribution in [0.3, 0.4) is 0 Å². The lowest BCUT2D eigenvalue weighted by Gasteiger charge is -2.09. The molecule has 0 aliphatic heterocycles. The van der Waals surface area contributed by atoms with Gasteiger partial charge in [-0.1, -0.05) is 6.07 Å². The summed E-state index contributed by atoms with van der Waals surface area (Å²) in [5, 5.41) is 7.04. The molecule has 0 radical (unpaired) electrons. The maximum atomic E-state index is 11.8. The Balaban J connectivity index is 1.99. The molecule has 2 amide bonds. The molecule has 0 atom stereocenters. The van der Waals surface area contributed by atoms with Crippen molar-refractivity contribution in [2.24, 2.45) is 0 Å². The first-order valence-electron chi connectivity index (χ1n) is 5.55. The molecule has 2 aromatic heterocycles. The fraction of sp³-hybridized carbons (Fsp3) is 0.250. The van der Waals surface area contributed by atoms with Gasteiger partial charge in [-0.2, -0.15) is 0 Å². The Hall–Kier alpha value is -1.73. The van der Waals surface area contributed by atoms with Crippen LogP contribution in [0, 0.1) is 0 Å². The molecule has 0 aromatic carbocycles. The van der Waals surface area contributed by atoms with Crippen LogP contribution in [0.15, 0.2) is 22.9 Å². The number of carbonyl (C=O) groups is 2. The average molecular weight is 295 g/mol. The smallest absolute Gasteiger partial charge is 0.271 e. The third kappa shape index (κ3) is 3.39. The van der Waals surface area contributed by atoms with Crippen LogP contribution in [-0.2, 0) is 4.79 Å². The van der Waals surface area contributed by atoms with Gasteiger partial charge in [0.05, 0.1) is 11.4 Å². The molecule has 2 rings (SSSR count). The maximum absolute atomic E-state index is 11.8. The number of thiophene rings is 1. The van der Waals surface area contributed by atoms with E-state index in [1.54, 1.807) is 30.8 Å². The van der Waals surface area contributed by atoms with Gasteiger partial charge in [-0.15, -0.1) is 22.7 Å². The average Bonchev–Trinajstić information content (AvgIpc) is 3.04.